The van der Waals surface area contributed by atoms with Crippen LogP contribution in [0.1, 0.15) is 21.5 Å². The van der Waals surface area contributed by atoms with Crippen molar-refractivity contribution in [3.8, 4) is 5.75 Å². The minimum absolute atomic E-state index is 0.203. The summed E-state index contributed by atoms with van der Waals surface area (Å²) in [4.78, 5) is 13.7. The molecule has 0 fully saturated rings. The largest absolute Gasteiger partial charge is 0.496 e. The number of ether oxygens (including phenoxy) is 1. The molecule has 0 saturated heterocycles. The fraction of sp³-hybridized carbons (Fsp3) is 0.278. The van der Waals surface area contributed by atoms with Crippen LogP contribution in [0, 0.1) is 0 Å². The zero-order valence-corrected chi connectivity index (χ0v) is 14.4. The lowest BCUT2D eigenvalue weighted by atomic mass is 10.1. The predicted molar refractivity (Wildman–Crippen MR) is 92.1 cm³/mol. The lowest BCUT2D eigenvalue weighted by Gasteiger charge is -2.11. The summed E-state index contributed by atoms with van der Waals surface area (Å²) in [5.41, 5.74) is 2.77. The molecule has 0 heterocycles. The van der Waals surface area contributed by atoms with Crippen LogP contribution < -0.4 is 15.0 Å². The second-order valence-corrected chi connectivity index (χ2v) is 6.16. The van der Waals surface area contributed by atoms with Gasteiger partial charge in [-0.2, -0.15) is 0 Å². The Morgan fingerprint density at radius 2 is 1.78 bits per heavy atom. The van der Waals surface area contributed by atoms with Gasteiger partial charge in [0.15, 0.2) is 0 Å². The molecule has 0 atom stereocenters. The second kappa shape index (κ2) is 7.99. The van der Waals surface area contributed by atoms with Gasteiger partial charge in [0.1, 0.15) is 12.3 Å². The molecule has 0 bridgehead atoms. The summed E-state index contributed by atoms with van der Waals surface area (Å²) < 4.78 is 5.20. The highest BCUT2D eigenvalue weighted by Gasteiger charge is 2.12. The van der Waals surface area contributed by atoms with Gasteiger partial charge in [-0.25, -0.2) is 0 Å². The van der Waals surface area contributed by atoms with Crippen LogP contribution in [0.15, 0.2) is 42.5 Å². The molecule has 0 aromatic heterocycles. The van der Waals surface area contributed by atoms with Crippen LogP contribution in [0.2, 0.25) is 5.02 Å². The van der Waals surface area contributed by atoms with Gasteiger partial charge >= 0.3 is 0 Å². The third kappa shape index (κ3) is 4.98. The highest BCUT2D eigenvalue weighted by atomic mass is 35.5. The second-order valence-electron chi connectivity index (χ2n) is 5.73. The molecule has 1 amide bonds. The fourth-order valence-electron chi connectivity index (χ4n) is 2.32. The Bertz CT molecular complexity index is 669. The van der Waals surface area contributed by atoms with Crippen LogP contribution in [0.5, 0.6) is 5.75 Å². The lowest BCUT2D eigenvalue weighted by molar-refractivity contribution is -0.872. The van der Waals surface area contributed by atoms with Crippen molar-refractivity contribution in [1.82, 2.24) is 5.32 Å². The predicted octanol–water partition coefficient (Wildman–Crippen LogP) is 1.92. The molecule has 4 nitrogen and oxygen atoms in total. The summed E-state index contributed by atoms with van der Waals surface area (Å²) in [5, 5.41) is 3.40. The van der Waals surface area contributed by atoms with E-state index in [0.717, 1.165) is 12.1 Å². The molecule has 2 rings (SSSR count). The number of carbonyl (C=O) groups excluding carboxylic acids is 1. The van der Waals surface area contributed by atoms with Crippen LogP contribution in [0.25, 0.3) is 0 Å². The summed E-state index contributed by atoms with van der Waals surface area (Å²) in [6.07, 6.45) is 0. The minimum Gasteiger partial charge on any atom is -0.496 e. The van der Waals surface area contributed by atoms with Crippen molar-refractivity contribution in [2.45, 2.75) is 13.1 Å². The van der Waals surface area contributed by atoms with Gasteiger partial charge in [-0.1, -0.05) is 35.9 Å². The number of rotatable bonds is 6. The average molecular weight is 334 g/mol. The number of hydrogen-bond donors (Lipinski definition) is 2. The van der Waals surface area contributed by atoms with E-state index in [-0.39, 0.29) is 5.91 Å². The first kappa shape index (κ1) is 17.3. The highest BCUT2D eigenvalue weighted by Crippen LogP contribution is 2.22. The molecule has 23 heavy (non-hydrogen) atoms. The maximum absolute atomic E-state index is 12.3. The van der Waals surface area contributed by atoms with Crippen molar-refractivity contribution >= 4 is 17.5 Å². The SMILES string of the molecule is COc1ccc(Cl)cc1C(=O)NCc1ccc(C[NH+](C)C)cc1. The van der Waals surface area contributed by atoms with Gasteiger partial charge < -0.3 is 15.0 Å². The van der Waals surface area contributed by atoms with E-state index in [1.807, 2.05) is 12.1 Å². The molecule has 0 unspecified atom stereocenters. The monoisotopic (exact) mass is 333 g/mol. The zero-order valence-electron chi connectivity index (χ0n) is 13.7. The van der Waals surface area contributed by atoms with E-state index in [4.69, 9.17) is 16.3 Å². The molecular weight excluding hydrogens is 312 g/mol. The topological polar surface area (TPSA) is 42.8 Å². The van der Waals surface area contributed by atoms with Gasteiger partial charge in [0.05, 0.1) is 26.8 Å². The maximum Gasteiger partial charge on any atom is 0.255 e. The van der Waals surface area contributed by atoms with E-state index in [9.17, 15) is 4.79 Å². The third-order valence-electron chi connectivity index (χ3n) is 3.44. The van der Waals surface area contributed by atoms with Crippen LogP contribution in [-0.4, -0.2) is 27.1 Å². The fourth-order valence-corrected chi connectivity index (χ4v) is 2.49. The standard InChI is InChI=1S/C18H21ClN2O2/c1-21(2)12-14-6-4-13(5-7-14)11-20-18(22)16-10-15(19)8-9-17(16)23-3/h4-10H,11-12H2,1-3H3,(H,20,22)/p+1. The van der Waals surface area contributed by atoms with E-state index in [0.29, 0.717) is 22.9 Å². The van der Waals surface area contributed by atoms with E-state index in [1.165, 1.54) is 17.6 Å². The van der Waals surface area contributed by atoms with E-state index in [2.05, 4.69) is 31.5 Å². The molecule has 0 aliphatic carbocycles. The third-order valence-corrected chi connectivity index (χ3v) is 3.67. The quantitative estimate of drug-likeness (QED) is 0.848. The minimum atomic E-state index is -0.203. The van der Waals surface area contributed by atoms with Gasteiger partial charge in [-0.15, -0.1) is 0 Å². The molecule has 122 valence electrons. The van der Waals surface area contributed by atoms with Crippen molar-refractivity contribution in [1.29, 1.82) is 0 Å². The molecule has 2 aromatic rings. The zero-order chi connectivity index (χ0) is 16.8. The Hall–Kier alpha value is -2.04. The number of amides is 1. The Kier molecular flexibility index (Phi) is 6.02. The van der Waals surface area contributed by atoms with Gasteiger partial charge in [0.2, 0.25) is 0 Å². The van der Waals surface area contributed by atoms with Gasteiger partial charge in [-0.3, -0.25) is 4.79 Å². The van der Waals surface area contributed by atoms with Crippen molar-refractivity contribution in [2.24, 2.45) is 0 Å². The van der Waals surface area contributed by atoms with Crippen molar-refractivity contribution in [2.75, 3.05) is 21.2 Å². The number of quaternary nitrogens is 1. The number of benzene rings is 2. The Morgan fingerprint density at radius 3 is 2.39 bits per heavy atom. The van der Waals surface area contributed by atoms with Crippen LogP contribution in [0.4, 0.5) is 0 Å². The van der Waals surface area contributed by atoms with Crippen LogP contribution >= 0.6 is 11.6 Å². The number of nitrogens with one attached hydrogen (secondary N) is 2. The first-order valence-corrected chi connectivity index (χ1v) is 7.86. The molecule has 0 spiro atoms. The maximum atomic E-state index is 12.3. The molecule has 5 heteroatoms. The van der Waals surface area contributed by atoms with Crippen molar-refractivity contribution in [3.05, 3.63) is 64.2 Å². The average Bonchev–Trinajstić information content (AvgIpc) is 2.53. The molecular formula is C18H22ClN2O2+. The molecule has 2 aromatic carbocycles. The summed E-state index contributed by atoms with van der Waals surface area (Å²) in [6.45, 7) is 1.44. The summed E-state index contributed by atoms with van der Waals surface area (Å²) in [6, 6.07) is 13.3. The number of hydrogen-bond acceptors (Lipinski definition) is 2. The summed E-state index contributed by atoms with van der Waals surface area (Å²) in [5.74, 6) is 0.308. The van der Waals surface area contributed by atoms with Crippen LogP contribution in [0.3, 0.4) is 0 Å². The first-order chi connectivity index (χ1) is 11.0. The normalized spacial score (nSPS) is 10.7. The molecule has 0 saturated carbocycles. The number of methoxy groups -OCH3 is 1. The highest BCUT2D eigenvalue weighted by molar-refractivity contribution is 6.31. The van der Waals surface area contributed by atoms with E-state index in [1.54, 1.807) is 18.2 Å². The summed E-state index contributed by atoms with van der Waals surface area (Å²) in [7, 11) is 5.77. The molecule has 0 aliphatic heterocycles. The lowest BCUT2D eigenvalue weighted by Crippen LogP contribution is -3.04. The van der Waals surface area contributed by atoms with Gasteiger partial charge in [0, 0.05) is 17.1 Å². The Balaban J connectivity index is 2.00. The van der Waals surface area contributed by atoms with Gasteiger partial charge in [-0.05, 0) is 23.8 Å². The van der Waals surface area contributed by atoms with Crippen LogP contribution in [-0.2, 0) is 13.1 Å². The Morgan fingerprint density at radius 1 is 1.13 bits per heavy atom. The first-order valence-electron chi connectivity index (χ1n) is 7.48. The Labute approximate surface area is 142 Å². The smallest absolute Gasteiger partial charge is 0.255 e. The summed E-state index contributed by atoms with van der Waals surface area (Å²) >= 11 is 5.96. The molecule has 0 aliphatic rings. The van der Waals surface area contributed by atoms with Gasteiger partial charge in [0.25, 0.3) is 5.91 Å². The van der Waals surface area contributed by atoms with E-state index < -0.39 is 0 Å². The number of halogens is 1. The van der Waals surface area contributed by atoms with E-state index >= 15 is 0 Å². The van der Waals surface area contributed by atoms with Crippen molar-refractivity contribution in [3.63, 3.8) is 0 Å². The molecule has 0 radical (unpaired) electrons. The molecule has 2 N–H and O–H groups in total. The van der Waals surface area contributed by atoms with Crippen molar-refractivity contribution < 1.29 is 14.4 Å². The number of carbonyl (C=O) groups is 1.